The second-order valence-corrected chi connectivity index (χ2v) is 11.5. The van der Waals surface area contributed by atoms with Crippen molar-refractivity contribution in [2.45, 2.75) is 124 Å². The number of nitrogens with one attached hydrogen (secondary N) is 2. The standard InChI is InChI=1S/C30H49N3O4/c1-9-11-12-19-31-27(34)26(24-18-13-15-21(4)22(24)5)33(23-16-14-17-23)28(35)25(20(3)10-2)32-29(36)37-30(6,7)8/h13,15,18,20,23,25-26H,9-12,14,16-17,19H2,1-8H3,(H,31,34)(H,32,36). The zero-order valence-corrected chi connectivity index (χ0v) is 24.3. The molecule has 7 heteroatoms. The monoisotopic (exact) mass is 515 g/mol. The minimum absolute atomic E-state index is 0.0502. The number of alkyl carbamates (subject to hydrolysis) is 1. The lowest BCUT2D eigenvalue weighted by atomic mass is 9.85. The lowest BCUT2D eigenvalue weighted by molar-refractivity contribution is -0.148. The maximum atomic E-state index is 14.3. The van der Waals surface area contributed by atoms with Crippen molar-refractivity contribution in [3.8, 4) is 0 Å². The Morgan fingerprint density at radius 3 is 2.32 bits per heavy atom. The van der Waals surface area contributed by atoms with Gasteiger partial charge in [0.15, 0.2) is 0 Å². The maximum Gasteiger partial charge on any atom is 0.408 e. The van der Waals surface area contributed by atoms with Crippen LogP contribution in [0.1, 0.15) is 109 Å². The summed E-state index contributed by atoms with van der Waals surface area (Å²) in [4.78, 5) is 42.7. The van der Waals surface area contributed by atoms with Crippen molar-refractivity contribution in [1.82, 2.24) is 15.5 Å². The molecule has 0 aromatic heterocycles. The van der Waals surface area contributed by atoms with E-state index in [4.69, 9.17) is 4.74 Å². The molecule has 0 radical (unpaired) electrons. The Hall–Kier alpha value is -2.57. The van der Waals surface area contributed by atoms with Crippen LogP contribution in [0, 0.1) is 19.8 Å². The summed E-state index contributed by atoms with van der Waals surface area (Å²) >= 11 is 0. The molecule has 1 aromatic carbocycles. The van der Waals surface area contributed by atoms with Crippen molar-refractivity contribution in [2.24, 2.45) is 5.92 Å². The van der Waals surface area contributed by atoms with Gasteiger partial charge in [-0.1, -0.05) is 58.2 Å². The van der Waals surface area contributed by atoms with Gasteiger partial charge in [-0.25, -0.2) is 4.79 Å². The molecule has 2 N–H and O–H groups in total. The summed E-state index contributed by atoms with van der Waals surface area (Å²) in [6.07, 6.45) is 5.78. The zero-order valence-electron chi connectivity index (χ0n) is 24.3. The number of hydrogen-bond acceptors (Lipinski definition) is 4. The topological polar surface area (TPSA) is 87.7 Å². The number of benzene rings is 1. The smallest absolute Gasteiger partial charge is 0.408 e. The summed E-state index contributed by atoms with van der Waals surface area (Å²) in [6, 6.07) is 4.33. The van der Waals surface area contributed by atoms with Crippen LogP contribution in [0.2, 0.25) is 0 Å². The molecular weight excluding hydrogens is 466 g/mol. The van der Waals surface area contributed by atoms with Gasteiger partial charge in [0.1, 0.15) is 17.7 Å². The second kappa shape index (κ2) is 13.8. The van der Waals surface area contributed by atoms with E-state index in [9.17, 15) is 14.4 Å². The minimum atomic E-state index is -0.791. The Balaban J connectivity index is 2.51. The van der Waals surface area contributed by atoms with Crippen LogP contribution in [0.25, 0.3) is 0 Å². The molecule has 208 valence electrons. The van der Waals surface area contributed by atoms with Crippen molar-refractivity contribution < 1.29 is 19.1 Å². The summed E-state index contributed by atoms with van der Waals surface area (Å²) in [5, 5.41) is 5.96. The first-order chi connectivity index (χ1) is 17.4. The summed E-state index contributed by atoms with van der Waals surface area (Å²) in [5.74, 6) is -0.515. The molecule has 1 aliphatic carbocycles. The van der Waals surface area contributed by atoms with Gasteiger partial charge < -0.3 is 20.3 Å². The Morgan fingerprint density at radius 1 is 1.11 bits per heavy atom. The second-order valence-electron chi connectivity index (χ2n) is 11.5. The van der Waals surface area contributed by atoms with E-state index < -0.39 is 23.8 Å². The Morgan fingerprint density at radius 2 is 1.78 bits per heavy atom. The highest BCUT2D eigenvalue weighted by Crippen LogP contribution is 2.36. The highest BCUT2D eigenvalue weighted by Gasteiger charge is 2.43. The summed E-state index contributed by atoms with van der Waals surface area (Å²) in [7, 11) is 0. The molecule has 1 fully saturated rings. The summed E-state index contributed by atoms with van der Waals surface area (Å²) < 4.78 is 5.50. The molecule has 0 spiro atoms. The first kappa shape index (κ1) is 30.7. The van der Waals surface area contributed by atoms with E-state index in [1.807, 2.05) is 45.9 Å². The lowest BCUT2D eigenvalue weighted by Crippen LogP contribution is -2.59. The van der Waals surface area contributed by atoms with Gasteiger partial charge in [0.05, 0.1) is 0 Å². The summed E-state index contributed by atoms with van der Waals surface area (Å²) in [5.41, 5.74) is 2.25. The average Bonchev–Trinajstić information content (AvgIpc) is 2.79. The van der Waals surface area contributed by atoms with Gasteiger partial charge >= 0.3 is 6.09 Å². The van der Waals surface area contributed by atoms with Gasteiger partial charge in [-0.2, -0.15) is 0 Å². The molecule has 1 aliphatic rings. The fraction of sp³-hybridized carbons (Fsp3) is 0.700. The Kier molecular flexibility index (Phi) is 11.5. The third kappa shape index (κ3) is 8.47. The fourth-order valence-corrected chi connectivity index (χ4v) is 4.63. The largest absolute Gasteiger partial charge is 0.444 e. The van der Waals surface area contributed by atoms with Crippen molar-refractivity contribution in [3.05, 3.63) is 34.9 Å². The number of rotatable bonds is 12. The zero-order chi connectivity index (χ0) is 27.8. The number of carbonyl (C=O) groups excluding carboxylic acids is 3. The number of unbranched alkanes of at least 4 members (excludes halogenated alkanes) is 2. The fourth-order valence-electron chi connectivity index (χ4n) is 4.63. The first-order valence-electron chi connectivity index (χ1n) is 14.1. The molecule has 0 heterocycles. The molecule has 0 bridgehead atoms. The normalized spacial score (nSPS) is 16.2. The van der Waals surface area contributed by atoms with Gasteiger partial charge in [0, 0.05) is 12.6 Å². The van der Waals surface area contributed by atoms with Crippen LogP contribution < -0.4 is 10.6 Å². The molecule has 3 unspecified atom stereocenters. The molecule has 1 saturated carbocycles. The van der Waals surface area contributed by atoms with E-state index in [0.29, 0.717) is 13.0 Å². The number of nitrogens with zero attached hydrogens (tertiary/aromatic N) is 1. The maximum absolute atomic E-state index is 14.3. The molecule has 3 atom stereocenters. The molecule has 3 amide bonds. The predicted octanol–water partition coefficient (Wildman–Crippen LogP) is 5.97. The lowest BCUT2D eigenvalue weighted by Gasteiger charge is -2.44. The van der Waals surface area contributed by atoms with E-state index in [1.165, 1.54) is 0 Å². The van der Waals surface area contributed by atoms with E-state index in [2.05, 4.69) is 17.6 Å². The molecule has 1 aromatic rings. The number of carbonyl (C=O) groups is 3. The van der Waals surface area contributed by atoms with Crippen LogP contribution in [0.4, 0.5) is 4.79 Å². The molecule has 2 rings (SSSR count). The van der Waals surface area contributed by atoms with Gasteiger partial charge in [-0.05, 0) is 82.9 Å². The number of aryl methyl sites for hydroxylation is 1. The Bertz CT molecular complexity index is 920. The highest BCUT2D eigenvalue weighted by molar-refractivity contribution is 5.93. The number of hydrogen-bond donors (Lipinski definition) is 2. The van der Waals surface area contributed by atoms with Crippen LogP contribution >= 0.6 is 0 Å². The van der Waals surface area contributed by atoms with Crippen LogP contribution in [0.5, 0.6) is 0 Å². The average molecular weight is 516 g/mol. The van der Waals surface area contributed by atoms with E-state index in [-0.39, 0.29) is 23.8 Å². The first-order valence-corrected chi connectivity index (χ1v) is 14.1. The third-order valence-corrected chi connectivity index (χ3v) is 7.42. The van der Waals surface area contributed by atoms with Crippen LogP contribution in [0.15, 0.2) is 18.2 Å². The van der Waals surface area contributed by atoms with Crippen LogP contribution in [0.3, 0.4) is 0 Å². The van der Waals surface area contributed by atoms with E-state index >= 15 is 0 Å². The third-order valence-electron chi connectivity index (χ3n) is 7.42. The molecular formula is C30H49N3O4. The van der Waals surface area contributed by atoms with Crippen LogP contribution in [-0.4, -0.2) is 47.0 Å². The minimum Gasteiger partial charge on any atom is -0.444 e. The summed E-state index contributed by atoms with van der Waals surface area (Å²) in [6.45, 7) is 16.1. The van der Waals surface area contributed by atoms with Crippen LogP contribution in [-0.2, 0) is 14.3 Å². The highest BCUT2D eigenvalue weighted by atomic mass is 16.6. The quantitative estimate of drug-likeness (QED) is 0.336. The van der Waals surface area contributed by atoms with Crippen molar-refractivity contribution >= 4 is 17.9 Å². The van der Waals surface area contributed by atoms with Gasteiger partial charge in [0.2, 0.25) is 11.8 Å². The SMILES string of the molecule is CCCCCNC(=O)C(c1cccc(C)c1C)N(C(=O)C(NC(=O)OC(C)(C)C)C(C)CC)C1CCC1. The van der Waals surface area contributed by atoms with Gasteiger partial charge in [0.25, 0.3) is 0 Å². The predicted molar refractivity (Wildman–Crippen MR) is 148 cm³/mol. The van der Waals surface area contributed by atoms with E-state index in [0.717, 1.165) is 55.2 Å². The van der Waals surface area contributed by atoms with E-state index in [1.54, 1.807) is 25.7 Å². The molecule has 37 heavy (non-hydrogen) atoms. The van der Waals surface area contributed by atoms with Crippen molar-refractivity contribution in [3.63, 3.8) is 0 Å². The van der Waals surface area contributed by atoms with Crippen molar-refractivity contribution in [1.29, 1.82) is 0 Å². The van der Waals surface area contributed by atoms with Gasteiger partial charge in [-0.15, -0.1) is 0 Å². The van der Waals surface area contributed by atoms with Crippen molar-refractivity contribution in [2.75, 3.05) is 6.54 Å². The molecule has 0 saturated heterocycles. The van der Waals surface area contributed by atoms with Gasteiger partial charge in [-0.3, -0.25) is 9.59 Å². The Labute approximate surface area is 224 Å². The number of amides is 3. The number of ether oxygens (including phenoxy) is 1. The molecule has 7 nitrogen and oxygen atoms in total. The molecule has 0 aliphatic heterocycles.